The molecule has 1 heterocycles. The van der Waals surface area contributed by atoms with E-state index in [1.54, 1.807) is 25.3 Å². The van der Waals surface area contributed by atoms with Gasteiger partial charge in [0.15, 0.2) is 0 Å². The van der Waals surface area contributed by atoms with E-state index in [2.05, 4.69) is 5.32 Å². The van der Waals surface area contributed by atoms with Crippen LogP contribution in [0.15, 0.2) is 41.0 Å². The Kier molecular flexibility index (Phi) is 4.27. The van der Waals surface area contributed by atoms with Crippen molar-refractivity contribution < 1.29 is 14.1 Å². The second-order valence-electron chi connectivity index (χ2n) is 6.13. The third-order valence-corrected chi connectivity index (χ3v) is 4.38. The van der Waals surface area contributed by atoms with Crippen molar-refractivity contribution in [2.45, 2.75) is 27.2 Å². The summed E-state index contributed by atoms with van der Waals surface area (Å²) in [5.41, 5.74) is 4.70. The van der Waals surface area contributed by atoms with Crippen LogP contribution in [0.4, 0.5) is 11.4 Å². The van der Waals surface area contributed by atoms with Crippen LogP contribution in [0.3, 0.4) is 0 Å². The number of nitro benzene ring substituents is 1. The first-order chi connectivity index (χ1) is 11.9. The van der Waals surface area contributed by atoms with E-state index in [4.69, 9.17) is 4.42 Å². The van der Waals surface area contributed by atoms with Gasteiger partial charge in [0, 0.05) is 28.3 Å². The predicted molar refractivity (Wildman–Crippen MR) is 95.9 cm³/mol. The molecule has 1 amide bonds. The molecule has 0 aliphatic heterocycles. The summed E-state index contributed by atoms with van der Waals surface area (Å²) in [5, 5.41) is 14.6. The van der Waals surface area contributed by atoms with Gasteiger partial charge in [-0.3, -0.25) is 14.9 Å². The zero-order valence-electron chi connectivity index (χ0n) is 14.3. The number of rotatable bonds is 4. The first kappa shape index (κ1) is 16.7. The lowest BCUT2D eigenvalue weighted by atomic mass is 10.0. The molecule has 3 aromatic rings. The number of fused-ring (bicyclic) bond motifs is 1. The molecule has 3 rings (SSSR count). The summed E-state index contributed by atoms with van der Waals surface area (Å²) in [5.74, 6) is -0.251. The van der Waals surface area contributed by atoms with Crippen molar-refractivity contribution in [1.29, 1.82) is 0 Å². The first-order valence-electron chi connectivity index (χ1n) is 7.88. The summed E-state index contributed by atoms with van der Waals surface area (Å²) in [6, 6.07) is 8.58. The van der Waals surface area contributed by atoms with Gasteiger partial charge in [0.1, 0.15) is 5.58 Å². The van der Waals surface area contributed by atoms with Crippen LogP contribution in [0, 0.1) is 30.9 Å². The Bertz CT molecular complexity index is 988. The number of carbonyl (C=O) groups is 1. The molecule has 6 heteroatoms. The molecule has 0 aliphatic rings. The summed E-state index contributed by atoms with van der Waals surface area (Å²) in [6.07, 6.45) is 1.73. The zero-order chi connectivity index (χ0) is 18.1. The summed E-state index contributed by atoms with van der Waals surface area (Å²) in [6.45, 7) is 5.65. The van der Waals surface area contributed by atoms with Crippen molar-refractivity contribution in [1.82, 2.24) is 0 Å². The number of nitrogens with zero attached hydrogens (tertiary/aromatic N) is 1. The minimum Gasteiger partial charge on any atom is -0.464 e. The standard InChI is InChI=1S/C19H18N2O4/c1-11-5-7-16-14(10-25-19(16)13(11)3)8-18(22)20-15-6-4-12(2)17(9-15)21(23)24/h4-7,9-10H,8H2,1-3H3,(H,20,22). The highest BCUT2D eigenvalue weighted by Gasteiger charge is 2.15. The third kappa shape index (κ3) is 3.24. The fourth-order valence-electron chi connectivity index (χ4n) is 2.79. The van der Waals surface area contributed by atoms with Gasteiger partial charge in [-0.25, -0.2) is 0 Å². The van der Waals surface area contributed by atoms with Crippen molar-refractivity contribution in [3.63, 3.8) is 0 Å². The minimum atomic E-state index is -0.459. The topological polar surface area (TPSA) is 85.4 Å². The van der Waals surface area contributed by atoms with Crippen molar-refractivity contribution in [2.24, 2.45) is 0 Å². The molecule has 0 fully saturated rings. The highest BCUT2D eigenvalue weighted by molar-refractivity contribution is 5.96. The lowest BCUT2D eigenvalue weighted by molar-refractivity contribution is -0.385. The molecular weight excluding hydrogens is 320 g/mol. The van der Waals surface area contributed by atoms with E-state index in [9.17, 15) is 14.9 Å². The molecule has 0 saturated carbocycles. The van der Waals surface area contributed by atoms with Gasteiger partial charge in [0.05, 0.1) is 17.6 Å². The number of aryl methyl sites for hydroxylation is 3. The second-order valence-corrected chi connectivity index (χ2v) is 6.13. The van der Waals surface area contributed by atoms with Crippen molar-refractivity contribution in [3.05, 3.63) is 69.0 Å². The maximum Gasteiger partial charge on any atom is 0.274 e. The number of nitrogens with one attached hydrogen (secondary N) is 1. The van der Waals surface area contributed by atoms with Crippen molar-refractivity contribution >= 4 is 28.3 Å². The first-order valence-corrected chi connectivity index (χ1v) is 7.88. The average Bonchev–Trinajstić information content (AvgIpc) is 2.96. The Morgan fingerprint density at radius 1 is 1.16 bits per heavy atom. The Hall–Kier alpha value is -3.15. The maximum absolute atomic E-state index is 12.3. The Balaban J connectivity index is 1.81. The molecule has 128 valence electrons. The number of benzene rings is 2. The third-order valence-electron chi connectivity index (χ3n) is 4.38. The molecule has 0 unspecified atom stereocenters. The number of carbonyl (C=O) groups excluding carboxylic acids is 1. The van der Waals surface area contributed by atoms with Gasteiger partial charge < -0.3 is 9.73 Å². The SMILES string of the molecule is Cc1ccc(NC(=O)Cc2coc3c(C)c(C)ccc23)cc1[N+](=O)[O-]. The van der Waals surface area contributed by atoms with Gasteiger partial charge in [0.25, 0.3) is 5.69 Å². The monoisotopic (exact) mass is 338 g/mol. The van der Waals surface area contributed by atoms with Gasteiger partial charge >= 0.3 is 0 Å². The number of hydrogen-bond donors (Lipinski definition) is 1. The largest absolute Gasteiger partial charge is 0.464 e. The molecule has 25 heavy (non-hydrogen) atoms. The van der Waals surface area contributed by atoms with E-state index in [-0.39, 0.29) is 18.0 Å². The smallest absolute Gasteiger partial charge is 0.274 e. The predicted octanol–water partition coefficient (Wildman–Crippen LogP) is 4.45. The average molecular weight is 338 g/mol. The summed E-state index contributed by atoms with van der Waals surface area (Å²) < 4.78 is 5.61. The molecule has 0 aliphatic carbocycles. The highest BCUT2D eigenvalue weighted by atomic mass is 16.6. The van der Waals surface area contributed by atoms with Crippen LogP contribution in [-0.4, -0.2) is 10.8 Å². The second kappa shape index (κ2) is 6.39. The molecule has 1 N–H and O–H groups in total. The molecule has 0 radical (unpaired) electrons. The zero-order valence-corrected chi connectivity index (χ0v) is 14.3. The molecule has 1 aromatic heterocycles. The van der Waals surface area contributed by atoms with Gasteiger partial charge in [-0.2, -0.15) is 0 Å². The number of amides is 1. The van der Waals surface area contributed by atoms with Gasteiger partial charge in [-0.15, -0.1) is 0 Å². The normalized spacial score (nSPS) is 10.8. The maximum atomic E-state index is 12.3. The van der Waals surface area contributed by atoms with Crippen LogP contribution in [-0.2, 0) is 11.2 Å². The fourth-order valence-corrected chi connectivity index (χ4v) is 2.79. The van der Waals surface area contributed by atoms with Crippen LogP contribution in [0.5, 0.6) is 0 Å². The summed E-state index contributed by atoms with van der Waals surface area (Å²) >= 11 is 0. The molecule has 0 atom stereocenters. The number of hydrogen-bond acceptors (Lipinski definition) is 4. The molecule has 0 spiro atoms. The quantitative estimate of drug-likeness (QED) is 0.562. The summed E-state index contributed by atoms with van der Waals surface area (Å²) in [4.78, 5) is 22.9. The lowest BCUT2D eigenvalue weighted by Gasteiger charge is -2.06. The number of anilines is 1. The van der Waals surface area contributed by atoms with E-state index in [0.29, 0.717) is 11.3 Å². The Labute approximate surface area is 144 Å². The highest BCUT2D eigenvalue weighted by Crippen LogP contribution is 2.27. The Morgan fingerprint density at radius 2 is 1.88 bits per heavy atom. The fraction of sp³-hybridized carbons (Fsp3) is 0.211. The van der Waals surface area contributed by atoms with Crippen LogP contribution in [0.2, 0.25) is 0 Å². The van der Waals surface area contributed by atoms with Crippen LogP contribution in [0.1, 0.15) is 22.3 Å². The van der Waals surface area contributed by atoms with Gasteiger partial charge in [0.2, 0.25) is 5.91 Å². The molecule has 2 aromatic carbocycles. The van der Waals surface area contributed by atoms with E-state index in [0.717, 1.165) is 27.7 Å². The molecule has 0 bridgehead atoms. The number of nitro groups is 1. The molecule has 6 nitrogen and oxygen atoms in total. The van der Waals surface area contributed by atoms with E-state index >= 15 is 0 Å². The lowest BCUT2D eigenvalue weighted by Crippen LogP contribution is -2.14. The summed E-state index contributed by atoms with van der Waals surface area (Å²) in [7, 11) is 0. The molecule has 0 saturated heterocycles. The van der Waals surface area contributed by atoms with Gasteiger partial charge in [-0.05, 0) is 38.0 Å². The van der Waals surface area contributed by atoms with Crippen molar-refractivity contribution in [3.8, 4) is 0 Å². The van der Waals surface area contributed by atoms with Crippen molar-refractivity contribution in [2.75, 3.05) is 5.32 Å². The minimum absolute atomic E-state index is 0.0161. The van der Waals surface area contributed by atoms with E-state index in [1.165, 1.54) is 6.07 Å². The molecular formula is C19H18N2O4. The van der Waals surface area contributed by atoms with Crippen LogP contribution < -0.4 is 5.32 Å². The van der Waals surface area contributed by atoms with E-state index < -0.39 is 4.92 Å². The number of furan rings is 1. The van der Waals surface area contributed by atoms with Crippen LogP contribution >= 0.6 is 0 Å². The van der Waals surface area contributed by atoms with Crippen LogP contribution in [0.25, 0.3) is 11.0 Å². The Morgan fingerprint density at radius 3 is 2.60 bits per heavy atom. The van der Waals surface area contributed by atoms with Gasteiger partial charge in [-0.1, -0.05) is 18.2 Å². The van der Waals surface area contributed by atoms with E-state index in [1.807, 2.05) is 26.0 Å².